The van der Waals surface area contributed by atoms with Gasteiger partial charge in [-0.15, -0.1) is 0 Å². The molecule has 0 aromatic carbocycles. The van der Waals surface area contributed by atoms with Crippen LogP contribution in [0.2, 0.25) is 0 Å². The Morgan fingerprint density at radius 3 is 2.55 bits per heavy atom. The molecule has 2 aliphatic heterocycles. The van der Waals surface area contributed by atoms with Crippen LogP contribution >= 0.6 is 0 Å². The van der Waals surface area contributed by atoms with Gasteiger partial charge in [-0.25, -0.2) is 0 Å². The monoisotopic (exact) mass is 460 g/mol. The minimum Gasteiger partial charge on any atom is -0.393 e. The van der Waals surface area contributed by atoms with Gasteiger partial charge < -0.3 is 29.9 Å². The molecule has 2 unspecified atom stereocenters. The van der Waals surface area contributed by atoms with Crippen LogP contribution in [0.1, 0.15) is 59.3 Å². The van der Waals surface area contributed by atoms with E-state index in [0.717, 1.165) is 36.8 Å². The SMILES string of the molecule is C=C1CC[C@@]2(OC1)OC1C[C@H]3[C@@H]4CC=C5C[C@@H](O)[C@H](O)[C@@H](O)[C@]5(C)[C@H]4C[C@@H](O)[C@]3(C)C1[C@@H]2C. The van der Waals surface area contributed by atoms with Crippen LogP contribution in [0, 0.1) is 40.4 Å². The Hall–Kier alpha value is -0.760. The van der Waals surface area contributed by atoms with E-state index in [1.807, 2.05) is 6.92 Å². The molecule has 4 aliphatic carbocycles. The van der Waals surface area contributed by atoms with Crippen LogP contribution in [-0.4, -0.2) is 63.3 Å². The number of ether oxygens (including phenoxy) is 2. The maximum atomic E-state index is 11.8. The van der Waals surface area contributed by atoms with Crippen LogP contribution in [0.4, 0.5) is 0 Å². The summed E-state index contributed by atoms with van der Waals surface area (Å²) in [6.07, 6.45) is 3.21. The van der Waals surface area contributed by atoms with Crippen molar-refractivity contribution >= 4 is 0 Å². The second-order valence-electron chi connectivity index (χ2n) is 12.5. The molecular weight excluding hydrogens is 420 g/mol. The molecule has 2 heterocycles. The van der Waals surface area contributed by atoms with Crippen molar-refractivity contribution in [1.29, 1.82) is 0 Å². The lowest BCUT2D eigenvalue weighted by Gasteiger charge is -2.61. The van der Waals surface area contributed by atoms with E-state index in [4.69, 9.17) is 9.47 Å². The van der Waals surface area contributed by atoms with Gasteiger partial charge in [0.1, 0.15) is 6.10 Å². The highest BCUT2D eigenvalue weighted by Crippen LogP contribution is 2.70. The molecule has 6 rings (SSSR count). The first kappa shape index (κ1) is 22.7. The van der Waals surface area contributed by atoms with Gasteiger partial charge in [0, 0.05) is 29.1 Å². The predicted molar refractivity (Wildman–Crippen MR) is 122 cm³/mol. The Morgan fingerprint density at radius 1 is 1.09 bits per heavy atom. The van der Waals surface area contributed by atoms with Crippen molar-refractivity contribution in [3.8, 4) is 0 Å². The fraction of sp³-hybridized carbons (Fsp3) is 0.852. The Bertz CT molecular complexity index is 874. The van der Waals surface area contributed by atoms with Crippen molar-refractivity contribution < 1.29 is 29.9 Å². The molecule has 5 fully saturated rings. The summed E-state index contributed by atoms with van der Waals surface area (Å²) in [5.41, 5.74) is 1.27. The Balaban J connectivity index is 1.34. The summed E-state index contributed by atoms with van der Waals surface area (Å²) in [7, 11) is 0. The molecule has 33 heavy (non-hydrogen) atoms. The van der Waals surface area contributed by atoms with Crippen molar-refractivity contribution in [2.75, 3.05) is 6.61 Å². The van der Waals surface area contributed by atoms with Crippen LogP contribution < -0.4 is 0 Å². The lowest BCUT2D eigenvalue weighted by molar-refractivity contribution is -0.257. The van der Waals surface area contributed by atoms with Gasteiger partial charge in [-0.1, -0.05) is 44.6 Å². The number of hydrogen-bond donors (Lipinski definition) is 4. The fourth-order valence-corrected chi connectivity index (χ4v) is 9.52. The van der Waals surface area contributed by atoms with Gasteiger partial charge in [0.15, 0.2) is 5.79 Å². The third kappa shape index (κ3) is 2.71. The van der Waals surface area contributed by atoms with E-state index in [1.54, 1.807) is 0 Å². The number of rotatable bonds is 0. The van der Waals surface area contributed by atoms with Gasteiger partial charge in [0.05, 0.1) is 31.0 Å². The first-order valence-corrected chi connectivity index (χ1v) is 12.9. The van der Waals surface area contributed by atoms with Crippen molar-refractivity contribution in [3.63, 3.8) is 0 Å². The summed E-state index contributed by atoms with van der Waals surface area (Å²) in [6, 6.07) is 0. The van der Waals surface area contributed by atoms with Gasteiger partial charge in [0.25, 0.3) is 0 Å². The molecule has 184 valence electrons. The minimum atomic E-state index is -1.15. The zero-order chi connectivity index (χ0) is 23.5. The standard InChI is InChI=1S/C27H40O6/c1-13-7-8-27(32-12-13)14(2)22-20(33-27)10-17-16-6-5-15-9-19(28)23(30)24(31)25(15,3)18(16)11-21(29)26(17,22)4/h5,14,16-24,28-31H,1,6-12H2,2-4H3/t14-,16-,17-,18-,19+,20?,21+,22?,23-,24+,25-,26+,27+/m0/s1. The molecular formula is C27H40O6. The van der Waals surface area contributed by atoms with Gasteiger partial charge in [-0.2, -0.15) is 0 Å². The summed E-state index contributed by atoms with van der Waals surface area (Å²) in [4.78, 5) is 0. The van der Waals surface area contributed by atoms with Crippen molar-refractivity contribution in [3.05, 3.63) is 23.8 Å². The number of fused-ring (bicyclic) bond motifs is 7. The molecule has 0 aromatic rings. The fourth-order valence-electron chi connectivity index (χ4n) is 9.52. The van der Waals surface area contributed by atoms with Crippen LogP contribution in [0.25, 0.3) is 0 Å². The number of aliphatic hydroxyl groups is 4. The Labute approximate surface area is 196 Å². The van der Waals surface area contributed by atoms with Gasteiger partial charge >= 0.3 is 0 Å². The molecule has 0 amide bonds. The molecule has 0 aromatic heterocycles. The number of hydrogen-bond acceptors (Lipinski definition) is 6. The highest BCUT2D eigenvalue weighted by Gasteiger charge is 2.71. The largest absolute Gasteiger partial charge is 0.393 e. The van der Waals surface area contributed by atoms with E-state index in [2.05, 4.69) is 26.5 Å². The molecule has 0 bridgehead atoms. The van der Waals surface area contributed by atoms with Crippen molar-refractivity contribution in [2.45, 2.75) is 95.6 Å². The predicted octanol–water partition coefficient (Wildman–Crippen LogP) is 2.55. The molecule has 0 radical (unpaired) electrons. The van der Waals surface area contributed by atoms with Crippen LogP contribution in [0.3, 0.4) is 0 Å². The van der Waals surface area contributed by atoms with Crippen LogP contribution in [0.5, 0.6) is 0 Å². The van der Waals surface area contributed by atoms with Gasteiger partial charge in [0.2, 0.25) is 0 Å². The lowest BCUT2D eigenvalue weighted by Crippen LogP contribution is -2.63. The van der Waals surface area contributed by atoms with Crippen molar-refractivity contribution in [2.24, 2.45) is 40.4 Å². The number of aliphatic hydroxyl groups excluding tert-OH is 4. The third-order valence-electron chi connectivity index (χ3n) is 11.4. The Morgan fingerprint density at radius 2 is 1.85 bits per heavy atom. The third-order valence-corrected chi connectivity index (χ3v) is 11.4. The van der Waals surface area contributed by atoms with E-state index in [-0.39, 0.29) is 35.2 Å². The summed E-state index contributed by atoms with van der Waals surface area (Å²) < 4.78 is 13.0. The zero-order valence-electron chi connectivity index (χ0n) is 20.1. The van der Waals surface area contributed by atoms with E-state index < -0.39 is 35.6 Å². The average Bonchev–Trinajstić information content (AvgIpc) is 3.23. The maximum Gasteiger partial charge on any atom is 0.172 e. The van der Waals surface area contributed by atoms with Crippen molar-refractivity contribution in [1.82, 2.24) is 0 Å². The topological polar surface area (TPSA) is 99.4 Å². The second-order valence-corrected chi connectivity index (χ2v) is 12.5. The van der Waals surface area contributed by atoms with Gasteiger partial charge in [-0.05, 0) is 49.9 Å². The molecule has 3 saturated carbocycles. The molecule has 6 aliphatic rings. The van der Waals surface area contributed by atoms with Gasteiger partial charge in [-0.3, -0.25) is 0 Å². The normalized spacial score (nSPS) is 60.1. The lowest BCUT2D eigenvalue weighted by atomic mass is 9.45. The highest BCUT2D eigenvalue weighted by molar-refractivity contribution is 5.30. The van der Waals surface area contributed by atoms with Crippen LogP contribution in [0.15, 0.2) is 23.8 Å². The smallest absolute Gasteiger partial charge is 0.172 e. The molecule has 6 heteroatoms. The average molecular weight is 461 g/mol. The molecule has 6 nitrogen and oxygen atoms in total. The van der Waals surface area contributed by atoms with E-state index in [0.29, 0.717) is 25.4 Å². The summed E-state index contributed by atoms with van der Waals surface area (Å²) >= 11 is 0. The molecule has 1 spiro atoms. The minimum absolute atomic E-state index is 0.0663. The van der Waals surface area contributed by atoms with E-state index in [9.17, 15) is 20.4 Å². The van der Waals surface area contributed by atoms with E-state index in [1.165, 1.54) is 0 Å². The zero-order valence-corrected chi connectivity index (χ0v) is 20.1. The first-order chi connectivity index (χ1) is 15.5. The first-order valence-electron chi connectivity index (χ1n) is 12.9. The summed E-state index contributed by atoms with van der Waals surface area (Å²) in [5.74, 6) is 0.525. The number of allylic oxidation sites excluding steroid dienone is 1. The van der Waals surface area contributed by atoms with E-state index >= 15 is 0 Å². The maximum absolute atomic E-state index is 11.8. The van der Waals surface area contributed by atoms with Crippen LogP contribution in [-0.2, 0) is 9.47 Å². The molecule has 13 atom stereocenters. The molecule has 4 N–H and O–H groups in total. The quantitative estimate of drug-likeness (QED) is 0.415. The summed E-state index contributed by atoms with van der Waals surface area (Å²) in [5, 5.41) is 43.7. The highest BCUT2D eigenvalue weighted by atomic mass is 16.7. The molecule has 2 saturated heterocycles. The summed E-state index contributed by atoms with van der Waals surface area (Å²) in [6.45, 7) is 11.2. The second kappa shape index (κ2) is 7.14. The Kier molecular flexibility index (Phi) is 4.91.